The first-order valence-electron chi connectivity index (χ1n) is 6.98. The van der Waals surface area contributed by atoms with E-state index in [1.807, 2.05) is 17.8 Å². The number of aromatic nitrogens is 1. The molecule has 1 aliphatic heterocycles. The van der Waals surface area contributed by atoms with Crippen molar-refractivity contribution in [3.63, 3.8) is 0 Å². The fraction of sp³-hybridized carbons (Fsp3) is 0.571. The molecule has 1 aliphatic rings. The number of amides is 1. The Hall–Kier alpha value is -0.750. The van der Waals surface area contributed by atoms with Gasteiger partial charge >= 0.3 is 0 Å². The number of pyridine rings is 1. The molecule has 110 valence electrons. The van der Waals surface area contributed by atoms with Crippen LogP contribution in [0.3, 0.4) is 0 Å². The van der Waals surface area contributed by atoms with Crippen molar-refractivity contribution >= 4 is 39.4 Å². The Balaban J connectivity index is 2.08. The van der Waals surface area contributed by atoms with Gasteiger partial charge in [0.25, 0.3) is 5.91 Å². The zero-order chi connectivity index (χ0) is 14.4. The number of carbonyl (C=O) groups excluding carboxylic acids is 1. The molecule has 2 heterocycles. The maximum absolute atomic E-state index is 12.4. The maximum Gasteiger partial charge on any atom is 0.255 e. The summed E-state index contributed by atoms with van der Waals surface area (Å²) in [6, 6.07) is 2.12. The van der Waals surface area contributed by atoms with Crippen LogP contribution in [0.25, 0.3) is 0 Å². The summed E-state index contributed by atoms with van der Waals surface area (Å²) in [6.07, 6.45) is 4.82. The van der Waals surface area contributed by atoms with Crippen LogP contribution in [0.4, 0.5) is 5.82 Å². The Morgan fingerprint density at radius 3 is 2.95 bits per heavy atom. The van der Waals surface area contributed by atoms with E-state index in [1.54, 1.807) is 6.20 Å². The van der Waals surface area contributed by atoms with E-state index in [0.717, 1.165) is 41.8 Å². The van der Waals surface area contributed by atoms with Crippen LogP contribution >= 0.6 is 27.7 Å². The van der Waals surface area contributed by atoms with Gasteiger partial charge in [0.05, 0.1) is 5.56 Å². The van der Waals surface area contributed by atoms with Gasteiger partial charge in [-0.15, -0.1) is 0 Å². The molecule has 0 spiro atoms. The van der Waals surface area contributed by atoms with E-state index in [-0.39, 0.29) is 5.91 Å². The molecule has 1 aromatic heterocycles. The van der Waals surface area contributed by atoms with Crippen molar-refractivity contribution in [3.05, 3.63) is 22.3 Å². The molecule has 4 nitrogen and oxygen atoms in total. The number of nitrogens with zero attached hydrogens (tertiary/aromatic N) is 1. The largest absolute Gasteiger partial charge is 0.369 e. The van der Waals surface area contributed by atoms with Crippen LogP contribution in [-0.2, 0) is 0 Å². The zero-order valence-corrected chi connectivity index (χ0v) is 14.0. The van der Waals surface area contributed by atoms with Crippen molar-refractivity contribution in [2.45, 2.75) is 32.2 Å². The summed E-state index contributed by atoms with van der Waals surface area (Å²) in [7, 11) is 0. The molecule has 1 saturated heterocycles. The standard InChI is InChI=1S/C14H20BrN3OS/c1-2-5-16-13-12(8-10(15)9-17-13)14(19)18-11-3-6-20-7-4-11/h8-9,11H,2-7H2,1H3,(H,16,17)(H,18,19). The lowest BCUT2D eigenvalue weighted by molar-refractivity contribution is 0.0935. The summed E-state index contributed by atoms with van der Waals surface area (Å²) in [5.74, 6) is 2.89. The molecular weight excluding hydrogens is 338 g/mol. The molecule has 0 aromatic carbocycles. The monoisotopic (exact) mass is 357 g/mol. The van der Waals surface area contributed by atoms with E-state index in [1.165, 1.54) is 0 Å². The second-order valence-corrected chi connectivity index (χ2v) is 6.98. The highest BCUT2D eigenvalue weighted by molar-refractivity contribution is 9.10. The number of nitrogens with one attached hydrogen (secondary N) is 2. The van der Waals surface area contributed by atoms with Crippen molar-refractivity contribution < 1.29 is 4.79 Å². The van der Waals surface area contributed by atoms with Crippen LogP contribution in [0.2, 0.25) is 0 Å². The molecule has 0 radical (unpaired) electrons. The molecule has 1 amide bonds. The highest BCUT2D eigenvalue weighted by atomic mass is 79.9. The topological polar surface area (TPSA) is 54.0 Å². The summed E-state index contributed by atoms with van der Waals surface area (Å²) in [6.45, 7) is 2.90. The van der Waals surface area contributed by atoms with Gasteiger partial charge in [-0.25, -0.2) is 4.98 Å². The van der Waals surface area contributed by atoms with Gasteiger partial charge in [0.1, 0.15) is 5.82 Å². The average molecular weight is 358 g/mol. The fourth-order valence-corrected chi connectivity index (χ4v) is 3.54. The minimum Gasteiger partial charge on any atom is -0.369 e. The van der Waals surface area contributed by atoms with Gasteiger partial charge in [0.2, 0.25) is 0 Å². The predicted octanol–water partition coefficient (Wildman–Crippen LogP) is 3.29. The van der Waals surface area contributed by atoms with Crippen molar-refractivity contribution in [2.24, 2.45) is 0 Å². The van der Waals surface area contributed by atoms with Gasteiger partial charge in [-0.05, 0) is 52.8 Å². The molecule has 0 unspecified atom stereocenters. The van der Waals surface area contributed by atoms with Crippen LogP contribution < -0.4 is 10.6 Å². The normalized spacial score (nSPS) is 15.9. The maximum atomic E-state index is 12.4. The van der Waals surface area contributed by atoms with Crippen molar-refractivity contribution in [3.8, 4) is 0 Å². The Morgan fingerprint density at radius 1 is 1.50 bits per heavy atom. The van der Waals surface area contributed by atoms with E-state index in [0.29, 0.717) is 17.4 Å². The number of hydrogen-bond donors (Lipinski definition) is 2. The smallest absolute Gasteiger partial charge is 0.255 e. The number of anilines is 1. The third kappa shape index (κ3) is 4.38. The Morgan fingerprint density at radius 2 is 2.25 bits per heavy atom. The number of hydrogen-bond acceptors (Lipinski definition) is 4. The highest BCUT2D eigenvalue weighted by Gasteiger charge is 2.19. The zero-order valence-electron chi connectivity index (χ0n) is 11.6. The van der Waals surface area contributed by atoms with Gasteiger partial charge in [-0.1, -0.05) is 6.92 Å². The van der Waals surface area contributed by atoms with E-state index in [2.05, 4.69) is 38.5 Å². The number of thioether (sulfide) groups is 1. The van der Waals surface area contributed by atoms with Crippen LogP contribution in [0.15, 0.2) is 16.7 Å². The molecule has 2 N–H and O–H groups in total. The summed E-state index contributed by atoms with van der Waals surface area (Å²) in [5.41, 5.74) is 0.617. The summed E-state index contributed by atoms with van der Waals surface area (Å²) < 4.78 is 0.823. The van der Waals surface area contributed by atoms with E-state index >= 15 is 0 Å². The van der Waals surface area contributed by atoms with Gasteiger partial charge in [0.15, 0.2) is 0 Å². The lowest BCUT2D eigenvalue weighted by Gasteiger charge is -2.23. The molecule has 1 fully saturated rings. The molecule has 20 heavy (non-hydrogen) atoms. The van der Waals surface area contributed by atoms with Crippen LogP contribution in [0.5, 0.6) is 0 Å². The minimum absolute atomic E-state index is 0.0331. The third-order valence-corrected chi connectivity index (χ3v) is 4.68. The fourth-order valence-electron chi connectivity index (χ4n) is 2.10. The van der Waals surface area contributed by atoms with E-state index in [4.69, 9.17) is 0 Å². The number of halogens is 1. The second-order valence-electron chi connectivity index (χ2n) is 4.84. The first kappa shape index (κ1) is 15.6. The van der Waals surface area contributed by atoms with E-state index in [9.17, 15) is 4.79 Å². The Labute approximate surface area is 132 Å². The molecule has 0 atom stereocenters. The minimum atomic E-state index is -0.0331. The summed E-state index contributed by atoms with van der Waals surface area (Å²) in [5, 5.41) is 6.34. The summed E-state index contributed by atoms with van der Waals surface area (Å²) in [4.78, 5) is 16.7. The first-order valence-corrected chi connectivity index (χ1v) is 8.93. The SMILES string of the molecule is CCCNc1ncc(Br)cc1C(=O)NC1CCSCC1. The van der Waals surface area contributed by atoms with Crippen molar-refractivity contribution in [2.75, 3.05) is 23.4 Å². The predicted molar refractivity (Wildman–Crippen MR) is 88.5 cm³/mol. The van der Waals surface area contributed by atoms with Crippen LogP contribution in [0.1, 0.15) is 36.5 Å². The Kier molecular flexibility index (Phi) is 6.16. The van der Waals surface area contributed by atoms with Gasteiger partial charge in [-0.2, -0.15) is 11.8 Å². The van der Waals surface area contributed by atoms with Gasteiger partial charge in [-0.3, -0.25) is 4.79 Å². The molecule has 0 bridgehead atoms. The van der Waals surface area contributed by atoms with Crippen molar-refractivity contribution in [1.29, 1.82) is 0 Å². The molecule has 6 heteroatoms. The quantitative estimate of drug-likeness (QED) is 0.848. The van der Waals surface area contributed by atoms with E-state index < -0.39 is 0 Å². The first-order chi connectivity index (χ1) is 9.70. The van der Waals surface area contributed by atoms with Gasteiger partial charge in [0, 0.05) is 23.3 Å². The molecular formula is C14H20BrN3OS. The Bertz CT molecular complexity index is 464. The average Bonchev–Trinajstić information content (AvgIpc) is 2.47. The molecule has 2 rings (SSSR count). The third-order valence-electron chi connectivity index (χ3n) is 3.20. The second kappa shape index (κ2) is 7.88. The number of carbonyl (C=O) groups is 1. The lowest BCUT2D eigenvalue weighted by Crippen LogP contribution is -2.37. The number of rotatable bonds is 5. The van der Waals surface area contributed by atoms with Crippen LogP contribution in [-0.4, -0.2) is 35.0 Å². The van der Waals surface area contributed by atoms with Crippen LogP contribution in [0, 0.1) is 0 Å². The van der Waals surface area contributed by atoms with Crippen molar-refractivity contribution in [1.82, 2.24) is 10.3 Å². The molecule has 0 saturated carbocycles. The molecule has 1 aromatic rings. The lowest BCUT2D eigenvalue weighted by atomic mass is 10.1. The van der Waals surface area contributed by atoms with Gasteiger partial charge < -0.3 is 10.6 Å². The highest BCUT2D eigenvalue weighted by Crippen LogP contribution is 2.20. The molecule has 0 aliphatic carbocycles. The summed E-state index contributed by atoms with van der Waals surface area (Å²) >= 11 is 5.34.